The molecule has 1 aliphatic rings. The summed E-state index contributed by atoms with van der Waals surface area (Å²) >= 11 is 1.27. The smallest absolute Gasteiger partial charge is 0.252 e. The second kappa shape index (κ2) is 7.27. The SMILES string of the molecule is Cc1cccc(NC(=O)C2CCCN(S(=O)(=O)c3ccc(C)s3)C2)c1. The molecular weight excluding hydrogens is 356 g/mol. The summed E-state index contributed by atoms with van der Waals surface area (Å²) < 4.78 is 27.4. The average Bonchev–Trinajstić information content (AvgIpc) is 3.02. The van der Waals surface area contributed by atoms with E-state index in [-0.39, 0.29) is 18.4 Å². The molecule has 2 aromatic rings. The molecule has 3 rings (SSSR count). The van der Waals surface area contributed by atoms with Crippen molar-refractivity contribution in [2.75, 3.05) is 18.4 Å². The van der Waals surface area contributed by atoms with Crippen LogP contribution in [0, 0.1) is 19.8 Å². The molecule has 7 heteroatoms. The molecule has 1 aromatic carbocycles. The van der Waals surface area contributed by atoms with Crippen LogP contribution in [0.4, 0.5) is 5.69 Å². The molecule has 1 aromatic heterocycles. The van der Waals surface area contributed by atoms with Crippen LogP contribution in [0.1, 0.15) is 23.3 Å². The summed E-state index contributed by atoms with van der Waals surface area (Å²) in [5.74, 6) is -0.446. The number of rotatable bonds is 4. The van der Waals surface area contributed by atoms with Gasteiger partial charge in [0, 0.05) is 23.7 Å². The van der Waals surface area contributed by atoms with Gasteiger partial charge in [-0.15, -0.1) is 11.3 Å². The lowest BCUT2D eigenvalue weighted by Crippen LogP contribution is -2.43. The van der Waals surface area contributed by atoms with E-state index in [0.29, 0.717) is 23.6 Å². The molecular formula is C18H22N2O3S2. The molecule has 0 saturated carbocycles. The van der Waals surface area contributed by atoms with Crippen LogP contribution in [-0.4, -0.2) is 31.7 Å². The first-order chi connectivity index (χ1) is 11.9. The average molecular weight is 379 g/mol. The second-order valence-corrected chi connectivity index (χ2v) is 9.88. The summed E-state index contributed by atoms with van der Waals surface area (Å²) in [4.78, 5) is 13.5. The third kappa shape index (κ3) is 4.11. The fraction of sp³-hybridized carbons (Fsp3) is 0.389. The molecule has 1 fully saturated rings. The van der Waals surface area contributed by atoms with Gasteiger partial charge >= 0.3 is 0 Å². The lowest BCUT2D eigenvalue weighted by Gasteiger charge is -2.30. The predicted octanol–water partition coefficient (Wildman–Crippen LogP) is 3.40. The number of carbonyl (C=O) groups excluding carboxylic acids is 1. The number of nitrogens with zero attached hydrogens (tertiary/aromatic N) is 1. The molecule has 1 atom stereocenters. The van der Waals surface area contributed by atoms with Gasteiger partial charge in [-0.3, -0.25) is 4.79 Å². The first kappa shape index (κ1) is 18.1. The Kier molecular flexibility index (Phi) is 5.27. The Hall–Kier alpha value is -1.70. The van der Waals surface area contributed by atoms with Gasteiger partial charge in [-0.05, 0) is 56.5 Å². The van der Waals surface area contributed by atoms with Gasteiger partial charge in [-0.2, -0.15) is 4.31 Å². The third-order valence-corrected chi connectivity index (χ3v) is 7.68. The van der Waals surface area contributed by atoms with E-state index in [9.17, 15) is 13.2 Å². The van der Waals surface area contributed by atoms with Crippen molar-refractivity contribution in [1.82, 2.24) is 4.31 Å². The van der Waals surface area contributed by atoms with Crippen molar-refractivity contribution in [3.63, 3.8) is 0 Å². The topological polar surface area (TPSA) is 66.5 Å². The molecule has 1 N–H and O–H groups in total. The number of hydrogen-bond donors (Lipinski definition) is 1. The van der Waals surface area contributed by atoms with Crippen molar-refractivity contribution in [1.29, 1.82) is 0 Å². The van der Waals surface area contributed by atoms with Crippen molar-refractivity contribution in [3.8, 4) is 0 Å². The molecule has 5 nitrogen and oxygen atoms in total. The zero-order valence-corrected chi connectivity index (χ0v) is 16.0. The van der Waals surface area contributed by atoms with E-state index in [0.717, 1.165) is 16.1 Å². The number of carbonyl (C=O) groups is 1. The highest BCUT2D eigenvalue weighted by molar-refractivity contribution is 7.91. The summed E-state index contributed by atoms with van der Waals surface area (Å²) in [5, 5.41) is 2.91. The normalized spacial score (nSPS) is 18.9. The quantitative estimate of drug-likeness (QED) is 0.887. The van der Waals surface area contributed by atoms with Crippen molar-refractivity contribution >= 4 is 33.0 Å². The molecule has 1 amide bonds. The number of hydrogen-bond acceptors (Lipinski definition) is 4. The molecule has 0 spiro atoms. The van der Waals surface area contributed by atoms with E-state index in [1.54, 1.807) is 6.07 Å². The lowest BCUT2D eigenvalue weighted by molar-refractivity contribution is -0.120. The molecule has 0 aliphatic carbocycles. The van der Waals surface area contributed by atoms with E-state index >= 15 is 0 Å². The fourth-order valence-electron chi connectivity index (χ4n) is 3.02. The number of nitrogens with one attached hydrogen (secondary N) is 1. The molecule has 1 aliphatic heterocycles. The van der Waals surface area contributed by atoms with E-state index in [4.69, 9.17) is 0 Å². The maximum absolute atomic E-state index is 12.8. The van der Waals surface area contributed by atoms with Gasteiger partial charge in [0.2, 0.25) is 5.91 Å². The Labute approximate surface area is 152 Å². The van der Waals surface area contributed by atoms with Crippen LogP contribution in [0.2, 0.25) is 0 Å². The monoisotopic (exact) mass is 378 g/mol. The molecule has 0 radical (unpaired) electrons. The van der Waals surface area contributed by atoms with E-state index in [1.165, 1.54) is 15.6 Å². The van der Waals surface area contributed by atoms with E-state index in [2.05, 4.69) is 5.32 Å². The summed E-state index contributed by atoms with van der Waals surface area (Å²) in [6.07, 6.45) is 1.39. The van der Waals surface area contributed by atoms with Gasteiger partial charge in [-0.25, -0.2) is 8.42 Å². The summed E-state index contributed by atoms with van der Waals surface area (Å²) in [5.41, 5.74) is 1.82. The number of thiophene rings is 1. The van der Waals surface area contributed by atoms with Crippen molar-refractivity contribution in [3.05, 3.63) is 46.8 Å². The summed E-state index contributed by atoms with van der Waals surface area (Å²) in [6.45, 7) is 4.55. The number of sulfonamides is 1. The van der Waals surface area contributed by atoms with Crippen molar-refractivity contribution in [2.24, 2.45) is 5.92 Å². The van der Waals surface area contributed by atoms with Crippen LogP contribution in [0.15, 0.2) is 40.6 Å². The summed E-state index contributed by atoms with van der Waals surface area (Å²) in [7, 11) is -3.52. The number of piperidine rings is 1. The van der Waals surface area contributed by atoms with Gasteiger partial charge in [0.05, 0.1) is 5.92 Å². The first-order valence-electron chi connectivity index (χ1n) is 8.30. The molecule has 25 heavy (non-hydrogen) atoms. The van der Waals surface area contributed by atoms with Crippen molar-refractivity contribution < 1.29 is 13.2 Å². The Morgan fingerprint density at radius 1 is 1.24 bits per heavy atom. The summed E-state index contributed by atoms with van der Waals surface area (Å²) in [6, 6.07) is 11.1. The second-order valence-electron chi connectivity index (χ2n) is 6.43. The van der Waals surface area contributed by atoms with Crippen LogP contribution in [0.25, 0.3) is 0 Å². The highest BCUT2D eigenvalue weighted by Crippen LogP contribution is 2.28. The predicted molar refractivity (Wildman–Crippen MR) is 100 cm³/mol. The molecule has 134 valence electrons. The Morgan fingerprint density at radius 2 is 2.04 bits per heavy atom. The zero-order valence-electron chi connectivity index (χ0n) is 14.4. The van der Waals surface area contributed by atoms with Crippen LogP contribution in [0.3, 0.4) is 0 Å². The van der Waals surface area contributed by atoms with Crippen molar-refractivity contribution in [2.45, 2.75) is 30.9 Å². The van der Waals surface area contributed by atoms with Crippen LogP contribution >= 0.6 is 11.3 Å². The van der Waals surface area contributed by atoms with Crippen LogP contribution in [-0.2, 0) is 14.8 Å². The Morgan fingerprint density at radius 3 is 2.72 bits per heavy atom. The van der Waals surface area contributed by atoms with Crippen LogP contribution < -0.4 is 5.32 Å². The standard InChI is InChI=1S/C18H22N2O3S2/c1-13-5-3-7-16(11-13)19-18(21)15-6-4-10-20(12-15)25(22,23)17-9-8-14(2)24-17/h3,5,7-9,11,15H,4,6,10,12H2,1-2H3,(H,19,21). The van der Waals surface area contributed by atoms with Gasteiger partial charge < -0.3 is 5.32 Å². The Bertz CT molecular complexity index is 874. The van der Waals surface area contributed by atoms with Crippen LogP contribution in [0.5, 0.6) is 0 Å². The minimum atomic E-state index is -3.52. The van der Waals surface area contributed by atoms with Gasteiger partial charge in [0.1, 0.15) is 4.21 Å². The number of aryl methyl sites for hydroxylation is 2. The number of amides is 1. The molecule has 1 saturated heterocycles. The van der Waals surface area contributed by atoms with Gasteiger partial charge in [0.25, 0.3) is 10.0 Å². The van der Waals surface area contributed by atoms with E-state index in [1.807, 2.05) is 44.2 Å². The highest BCUT2D eigenvalue weighted by Gasteiger charge is 2.34. The maximum Gasteiger partial charge on any atom is 0.252 e. The maximum atomic E-state index is 12.8. The molecule has 2 heterocycles. The Balaban J connectivity index is 1.71. The minimum Gasteiger partial charge on any atom is -0.326 e. The largest absolute Gasteiger partial charge is 0.326 e. The zero-order chi connectivity index (χ0) is 18.0. The van der Waals surface area contributed by atoms with E-state index < -0.39 is 10.0 Å². The molecule has 0 bridgehead atoms. The fourth-order valence-corrected chi connectivity index (χ4v) is 5.98. The number of benzene rings is 1. The molecule has 1 unspecified atom stereocenters. The minimum absolute atomic E-state index is 0.118. The first-order valence-corrected chi connectivity index (χ1v) is 10.6. The lowest BCUT2D eigenvalue weighted by atomic mass is 9.98. The van der Waals surface area contributed by atoms with Gasteiger partial charge in [0.15, 0.2) is 0 Å². The third-order valence-electron chi connectivity index (χ3n) is 4.35. The van der Waals surface area contributed by atoms with Gasteiger partial charge in [-0.1, -0.05) is 12.1 Å². The number of anilines is 1. The highest BCUT2D eigenvalue weighted by atomic mass is 32.2.